The zero-order chi connectivity index (χ0) is 19.5. The monoisotopic (exact) mass is 385 g/mol. The minimum atomic E-state index is -0.870. The van der Waals surface area contributed by atoms with Crippen LogP contribution < -0.4 is 20.1 Å². The summed E-state index contributed by atoms with van der Waals surface area (Å²) in [6.07, 6.45) is 2.01. The van der Waals surface area contributed by atoms with Crippen LogP contribution in [0.2, 0.25) is 0 Å². The third-order valence-electron chi connectivity index (χ3n) is 4.55. The Morgan fingerprint density at radius 3 is 2.89 bits per heavy atom. The number of nitrogens with one attached hydrogen (secondary N) is 2. The van der Waals surface area contributed by atoms with E-state index in [-0.39, 0.29) is 25.7 Å². The molecule has 28 heavy (non-hydrogen) atoms. The number of rotatable bonds is 7. The number of ether oxygens (including phenoxy) is 2. The maximum Gasteiger partial charge on any atom is 0.325 e. The second-order valence-corrected chi connectivity index (χ2v) is 6.50. The van der Waals surface area contributed by atoms with Gasteiger partial charge in [-0.05, 0) is 29.8 Å². The van der Waals surface area contributed by atoms with Crippen molar-refractivity contribution >= 4 is 17.8 Å². The Hall–Kier alpha value is -3.49. The van der Waals surface area contributed by atoms with Gasteiger partial charge in [0.2, 0.25) is 12.7 Å². The standard InChI is InChI=1S/C19H19N3O6/c23-17(20-6-5-13-2-1-7-26-13)9-14-18(24)22(19(25)21-14)10-12-3-4-15-16(8-12)28-11-27-15/h1-4,7-8,14H,5-6,9-11H2,(H,20,23)(H,21,25)/t14-/m0/s1. The van der Waals surface area contributed by atoms with Crippen molar-refractivity contribution in [3.63, 3.8) is 0 Å². The summed E-state index contributed by atoms with van der Waals surface area (Å²) in [5.41, 5.74) is 0.733. The van der Waals surface area contributed by atoms with Crippen LogP contribution in [0.1, 0.15) is 17.7 Å². The number of imide groups is 1. The second kappa shape index (κ2) is 7.63. The molecule has 1 saturated heterocycles. The molecule has 2 aliphatic rings. The average Bonchev–Trinajstić information content (AvgIpc) is 3.40. The number of hydrogen-bond donors (Lipinski definition) is 2. The lowest BCUT2D eigenvalue weighted by Gasteiger charge is -2.13. The largest absolute Gasteiger partial charge is 0.469 e. The van der Waals surface area contributed by atoms with Crippen LogP contribution in [0, 0.1) is 0 Å². The molecule has 0 bridgehead atoms. The zero-order valence-corrected chi connectivity index (χ0v) is 15.0. The van der Waals surface area contributed by atoms with E-state index < -0.39 is 18.0 Å². The van der Waals surface area contributed by atoms with Crippen molar-refractivity contribution in [2.45, 2.75) is 25.4 Å². The first-order chi connectivity index (χ1) is 13.6. The molecular weight excluding hydrogens is 366 g/mol. The first-order valence-electron chi connectivity index (χ1n) is 8.89. The third-order valence-corrected chi connectivity index (χ3v) is 4.55. The van der Waals surface area contributed by atoms with Crippen molar-refractivity contribution in [3.05, 3.63) is 47.9 Å². The quantitative estimate of drug-likeness (QED) is 0.693. The predicted octanol–water partition coefficient (Wildman–Crippen LogP) is 1.18. The molecule has 1 aromatic carbocycles. The Morgan fingerprint density at radius 2 is 2.07 bits per heavy atom. The number of benzene rings is 1. The van der Waals surface area contributed by atoms with Gasteiger partial charge in [-0.15, -0.1) is 0 Å². The number of fused-ring (bicyclic) bond motifs is 1. The van der Waals surface area contributed by atoms with Crippen molar-refractivity contribution in [1.29, 1.82) is 0 Å². The molecule has 4 amide bonds. The minimum Gasteiger partial charge on any atom is -0.469 e. The molecule has 4 rings (SSSR count). The molecule has 1 aromatic heterocycles. The maximum absolute atomic E-state index is 12.5. The van der Waals surface area contributed by atoms with Gasteiger partial charge in [0.15, 0.2) is 11.5 Å². The lowest BCUT2D eigenvalue weighted by molar-refractivity contribution is -0.131. The van der Waals surface area contributed by atoms with E-state index in [2.05, 4.69) is 10.6 Å². The van der Waals surface area contributed by atoms with Crippen molar-refractivity contribution in [1.82, 2.24) is 15.5 Å². The Bertz CT molecular complexity index is 895. The van der Waals surface area contributed by atoms with Crippen LogP contribution in [0.15, 0.2) is 41.0 Å². The van der Waals surface area contributed by atoms with E-state index in [1.807, 2.05) is 6.07 Å². The van der Waals surface area contributed by atoms with Gasteiger partial charge in [-0.1, -0.05) is 6.07 Å². The highest BCUT2D eigenvalue weighted by molar-refractivity contribution is 6.05. The summed E-state index contributed by atoms with van der Waals surface area (Å²) in [4.78, 5) is 37.9. The molecule has 2 aliphatic heterocycles. The lowest BCUT2D eigenvalue weighted by Crippen LogP contribution is -2.37. The number of urea groups is 1. The predicted molar refractivity (Wildman–Crippen MR) is 95.5 cm³/mol. The molecule has 0 spiro atoms. The number of amides is 4. The van der Waals surface area contributed by atoms with Crippen molar-refractivity contribution in [3.8, 4) is 11.5 Å². The topological polar surface area (TPSA) is 110 Å². The molecule has 0 aliphatic carbocycles. The van der Waals surface area contributed by atoms with Gasteiger partial charge in [0.1, 0.15) is 11.8 Å². The van der Waals surface area contributed by atoms with Crippen LogP contribution in [-0.4, -0.2) is 42.1 Å². The number of carbonyl (C=O) groups is 3. The van der Waals surface area contributed by atoms with Crippen molar-refractivity contribution in [2.24, 2.45) is 0 Å². The van der Waals surface area contributed by atoms with Crippen LogP contribution >= 0.6 is 0 Å². The van der Waals surface area contributed by atoms with Gasteiger partial charge in [0.25, 0.3) is 5.91 Å². The molecule has 9 nitrogen and oxygen atoms in total. The molecule has 9 heteroatoms. The fourth-order valence-corrected chi connectivity index (χ4v) is 3.12. The summed E-state index contributed by atoms with van der Waals surface area (Å²) < 4.78 is 15.8. The summed E-state index contributed by atoms with van der Waals surface area (Å²) in [6.45, 7) is 0.638. The number of nitrogens with zero attached hydrogens (tertiary/aromatic N) is 1. The van der Waals surface area contributed by atoms with Crippen LogP contribution in [-0.2, 0) is 22.6 Å². The molecule has 0 radical (unpaired) electrons. The van der Waals surface area contributed by atoms with Crippen molar-refractivity contribution < 1.29 is 28.3 Å². The molecule has 2 N–H and O–H groups in total. The number of hydrogen-bond acceptors (Lipinski definition) is 6. The SMILES string of the molecule is O=C(C[C@@H]1NC(=O)N(Cc2ccc3c(c2)OCO3)C1=O)NCCc1ccco1. The highest BCUT2D eigenvalue weighted by Crippen LogP contribution is 2.33. The number of carbonyl (C=O) groups excluding carboxylic acids is 3. The summed E-state index contributed by atoms with van der Waals surface area (Å²) >= 11 is 0. The molecule has 0 saturated carbocycles. The van der Waals surface area contributed by atoms with Crippen LogP contribution in [0.3, 0.4) is 0 Å². The van der Waals surface area contributed by atoms with E-state index in [4.69, 9.17) is 13.9 Å². The second-order valence-electron chi connectivity index (χ2n) is 6.50. The molecule has 3 heterocycles. The van der Waals surface area contributed by atoms with Crippen LogP contribution in [0.25, 0.3) is 0 Å². The van der Waals surface area contributed by atoms with E-state index in [0.717, 1.165) is 16.2 Å². The van der Waals surface area contributed by atoms with Crippen molar-refractivity contribution in [2.75, 3.05) is 13.3 Å². The average molecular weight is 385 g/mol. The molecule has 146 valence electrons. The summed E-state index contributed by atoms with van der Waals surface area (Å²) in [5, 5.41) is 5.29. The van der Waals surface area contributed by atoms with Crippen LogP contribution in [0.4, 0.5) is 4.79 Å². The normalized spacial score (nSPS) is 17.7. The van der Waals surface area contributed by atoms with Gasteiger partial charge < -0.3 is 24.5 Å². The van der Waals surface area contributed by atoms with Gasteiger partial charge in [-0.3, -0.25) is 14.5 Å². The zero-order valence-electron chi connectivity index (χ0n) is 15.0. The first-order valence-corrected chi connectivity index (χ1v) is 8.89. The van der Waals surface area contributed by atoms with E-state index in [0.29, 0.717) is 24.5 Å². The molecule has 0 unspecified atom stereocenters. The first kappa shape index (κ1) is 17.9. The highest BCUT2D eigenvalue weighted by Gasteiger charge is 2.39. The highest BCUT2D eigenvalue weighted by atomic mass is 16.7. The van der Waals surface area contributed by atoms with Gasteiger partial charge >= 0.3 is 6.03 Å². The van der Waals surface area contributed by atoms with E-state index in [1.165, 1.54) is 0 Å². The Labute approximate surface area is 160 Å². The lowest BCUT2D eigenvalue weighted by atomic mass is 10.1. The van der Waals surface area contributed by atoms with Gasteiger partial charge in [-0.2, -0.15) is 0 Å². The minimum absolute atomic E-state index is 0.0952. The Morgan fingerprint density at radius 1 is 1.21 bits per heavy atom. The number of furan rings is 1. The summed E-state index contributed by atoms with van der Waals surface area (Å²) in [6, 6.07) is 7.45. The van der Waals surface area contributed by atoms with E-state index >= 15 is 0 Å². The third kappa shape index (κ3) is 3.78. The van der Waals surface area contributed by atoms with Crippen LogP contribution in [0.5, 0.6) is 11.5 Å². The molecule has 1 atom stereocenters. The van der Waals surface area contributed by atoms with Gasteiger partial charge in [-0.25, -0.2) is 4.79 Å². The van der Waals surface area contributed by atoms with E-state index in [9.17, 15) is 14.4 Å². The maximum atomic E-state index is 12.5. The smallest absolute Gasteiger partial charge is 0.325 e. The molecule has 1 fully saturated rings. The Balaban J connectivity index is 1.30. The molecular formula is C19H19N3O6. The summed E-state index contributed by atoms with van der Waals surface area (Å²) in [7, 11) is 0. The molecule has 2 aromatic rings. The van der Waals surface area contributed by atoms with Gasteiger partial charge in [0, 0.05) is 13.0 Å². The fourth-order valence-electron chi connectivity index (χ4n) is 3.12. The Kier molecular flexibility index (Phi) is 4.88. The summed E-state index contributed by atoms with van der Waals surface area (Å²) in [5.74, 6) is 1.24. The van der Waals surface area contributed by atoms with Gasteiger partial charge in [0.05, 0.1) is 19.2 Å². The van der Waals surface area contributed by atoms with E-state index in [1.54, 1.807) is 30.5 Å². The fraction of sp³-hybridized carbons (Fsp3) is 0.316.